The number of aryl methyl sites for hydroxylation is 1. The van der Waals surface area contributed by atoms with E-state index in [1.54, 1.807) is 6.20 Å². The van der Waals surface area contributed by atoms with Gasteiger partial charge in [0.15, 0.2) is 5.96 Å². The van der Waals surface area contributed by atoms with E-state index in [4.69, 9.17) is 14.5 Å². The van der Waals surface area contributed by atoms with Gasteiger partial charge in [-0.1, -0.05) is 12.1 Å². The molecule has 0 atom stereocenters. The van der Waals surface area contributed by atoms with Crippen LogP contribution >= 0.6 is 24.0 Å². The number of ether oxygens (including phenoxy) is 2. The third kappa shape index (κ3) is 9.88. The summed E-state index contributed by atoms with van der Waals surface area (Å²) in [5.41, 5.74) is 1.13. The lowest BCUT2D eigenvalue weighted by Crippen LogP contribution is -2.38. The van der Waals surface area contributed by atoms with Crippen molar-refractivity contribution in [1.29, 1.82) is 0 Å². The molecule has 0 aliphatic carbocycles. The first-order valence-corrected chi connectivity index (χ1v) is 10.8. The zero-order valence-corrected chi connectivity index (χ0v) is 20.7. The van der Waals surface area contributed by atoms with E-state index in [0.29, 0.717) is 13.2 Å². The number of aromatic nitrogens is 2. The predicted octanol–water partition coefficient (Wildman–Crippen LogP) is 2.36. The van der Waals surface area contributed by atoms with Crippen molar-refractivity contribution in [2.24, 2.45) is 4.99 Å². The van der Waals surface area contributed by atoms with Crippen molar-refractivity contribution >= 4 is 29.9 Å². The first-order valence-electron chi connectivity index (χ1n) is 10.8. The molecule has 0 radical (unpaired) electrons. The van der Waals surface area contributed by atoms with Crippen LogP contribution in [0.5, 0.6) is 5.75 Å². The Morgan fingerprint density at radius 3 is 2.84 bits per heavy atom. The van der Waals surface area contributed by atoms with Crippen LogP contribution in [0.1, 0.15) is 18.9 Å². The molecule has 3 rings (SSSR count). The Hall–Kier alpha value is -1.85. The fourth-order valence-corrected chi connectivity index (χ4v) is 3.24. The van der Waals surface area contributed by atoms with Crippen LogP contribution in [0, 0.1) is 0 Å². The minimum Gasteiger partial charge on any atom is -0.492 e. The summed E-state index contributed by atoms with van der Waals surface area (Å²) >= 11 is 0. The van der Waals surface area contributed by atoms with Crippen LogP contribution in [0.2, 0.25) is 0 Å². The van der Waals surface area contributed by atoms with E-state index in [9.17, 15) is 0 Å². The Morgan fingerprint density at radius 1 is 1.19 bits per heavy atom. The smallest absolute Gasteiger partial charge is 0.191 e. The molecule has 0 spiro atoms. The van der Waals surface area contributed by atoms with Crippen LogP contribution in [-0.2, 0) is 17.8 Å². The number of guanidine groups is 1. The van der Waals surface area contributed by atoms with Gasteiger partial charge in [0, 0.05) is 51.7 Å². The number of halogens is 1. The molecule has 0 unspecified atom stereocenters. The van der Waals surface area contributed by atoms with Gasteiger partial charge in [-0.05, 0) is 37.1 Å². The minimum atomic E-state index is 0. The number of benzene rings is 1. The fraction of sp³-hybridized carbons (Fsp3) is 0.545. The topological polar surface area (TPSA) is 75.9 Å². The van der Waals surface area contributed by atoms with Gasteiger partial charge in [0.25, 0.3) is 0 Å². The molecule has 0 bridgehead atoms. The predicted molar refractivity (Wildman–Crippen MR) is 134 cm³/mol. The number of hydrogen-bond acceptors (Lipinski definition) is 5. The number of nitrogens with one attached hydrogen (secondary N) is 2. The highest BCUT2D eigenvalue weighted by Crippen LogP contribution is 2.14. The summed E-state index contributed by atoms with van der Waals surface area (Å²) in [6.45, 7) is 10.5. The summed E-state index contributed by atoms with van der Waals surface area (Å²) < 4.78 is 13.3. The SMILES string of the molecule is CCNC(=NCc1cccc(OCCN2CCOCC2)c1)NCCCn1cccn1.I. The summed E-state index contributed by atoms with van der Waals surface area (Å²) in [5.74, 6) is 1.73. The summed E-state index contributed by atoms with van der Waals surface area (Å²) in [6, 6.07) is 10.1. The van der Waals surface area contributed by atoms with Gasteiger partial charge in [0.05, 0.1) is 19.8 Å². The van der Waals surface area contributed by atoms with Gasteiger partial charge in [-0.15, -0.1) is 24.0 Å². The maximum Gasteiger partial charge on any atom is 0.191 e. The molecule has 172 valence electrons. The van der Waals surface area contributed by atoms with E-state index >= 15 is 0 Å². The lowest BCUT2D eigenvalue weighted by molar-refractivity contribution is 0.0322. The molecule has 1 aromatic heterocycles. The van der Waals surface area contributed by atoms with Crippen LogP contribution in [0.15, 0.2) is 47.7 Å². The van der Waals surface area contributed by atoms with Crippen molar-refractivity contribution in [2.75, 3.05) is 52.5 Å². The second kappa shape index (κ2) is 15.0. The van der Waals surface area contributed by atoms with E-state index in [0.717, 1.165) is 76.2 Å². The lowest BCUT2D eigenvalue weighted by Gasteiger charge is -2.26. The Balaban J connectivity index is 0.00000341. The molecule has 2 N–H and O–H groups in total. The first-order chi connectivity index (χ1) is 14.8. The monoisotopic (exact) mass is 542 g/mol. The second-order valence-electron chi connectivity index (χ2n) is 7.19. The van der Waals surface area contributed by atoms with Crippen molar-refractivity contribution in [3.63, 3.8) is 0 Å². The van der Waals surface area contributed by atoms with Gasteiger partial charge in [-0.2, -0.15) is 5.10 Å². The molecular formula is C22H35IN6O2. The highest BCUT2D eigenvalue weighted by Gasteiger charge is 2.09. The lowest BCUT2D eigenvalue weighted by atomic mass is 10.2. The van der Waals surface area contributed by atoms with Crippen LogP contribution in [-0.4, -0.2) is 73.2 Å². The van der Waals surface area contributed by atoms with Crippen molar-refractivity contribution < 1.29 is 9.47 Å². The number of nitrogens with zero attached hydrogens (tertiary/aromatic N) is 4. The summed E-state index contributed by atoms with van der Waals surface area (Å²) in [6.07, 6.45) is 4.77. The van der Waals surface area contributed by atoms with Gasteiger partial charge in [0.2, 0.25) is 0 Å². The largest absolute Gasteiger partial charge is 0.492 e. The third-order valence-corrected chi connectivity index (χ3v) is 4.86. The van der Waals surface area contributed by atoms with Crippen LogP contribution in [0.3, 0.4) is 0 Å². The molecule has 1 aliphatic heterocycles. The molecule has 0 amide bonds. The molecule has 2 aromatic rings. The second-order valence-corrected chi connectivity index (χ2v) is 7.19. The number of hydrogen-bond donors (Lipinski definition) is 2. The average Bonchev–Trinajstić information content (AvgIpc) is 3.30. The highest BCUT2D eigenvalue weighted by molar-refractivity contribution is 14.0. The molecule has 2 heterocycles. The maximum atomic E-state index is 5.95. The van der Waals surface area contributed by atoms with Gasteiger partial charge < -0.3 is 20.1 Å². The quantitative estimate of drug-likeness (QED) is 0.197. The third-order valence-electron chi connectivity index (χ3n) is 4.86. The first kappa shape index (κ1) is 25.4. The maximum absolute atomic E-state index is 5.95. The average molecular weight is 542 g/mol. The normalized spacial score (nSPS) is 14.7. The zero-order chi connectivity index (χ0) is 20.9. The number of aliphatic imine (C=N–C) groups is 1. The van der Waals surface area contributed by atoms with E-state index in [-0.39, 0.29) is 24.0 Å². The van der Waals surface area contributed by atoms with Crippen molar-refractivity contribution in [2.45, 2.75) is 26.4 Å². The zero-order valence-electron chi connectivity index (χ0n) is 18.3. The van der Waals surface area contributed by atoms with Gasteiger partial charge in [-0.25, -0.2) is 4.99 Å². The van der Waals surface area contributed by atoms with Gasteiger partial charge in [-0.3, -0.25) is 9.58 Å². The Morgan fingerprint density at radius 2 is 2.06 bits per heavy atom. The minimum absolute atomic E-state index is 0. The van der Waals surface area contributed by atoms with Crippen molar-refractivity contribution in [1.82, 2.24) is 25.3 Å². The summed E-state index contributed by atoms with van der Waals surface area (Å²) in [4.78, 5) is 7.08. The standard InChI is InChI=1S/C22H34N6O2.HI/c1-2-23-22(24-8-4-10-28-11-5-9-26-28)25-19-20-6-3-7-21(18-20)30-17-14-27-12-15-29-16-13-27;/h3,5-7,9,11,18H,2,4,8,10,12-17,19H2,1H3,(H2,23,24,25);1H. The van der Waals surface area contributed by atoms with E-state index in [1.807, 2.05) is 29.1 Å². The van der Waals surface area contributed by atoms with Gasteiger partial charge in [0.1, 0.15) is 12.4 Å². The summed E-state index contributed by atoms with van der Waals surface area (Å²) in [7, 11) is 0. The van der Waals surface area contributed by atoms with Gasteiger partial charge >= 0.3 is 0 Å². The van der Waals surface area contributed by atoms with E-state index in [2.05, 4.69) is 39.7 Å². The molecule has 9 heteroatoms. The molecule has 1 fully saturated rings. The highest BCUT2D eigenvalue weighted by atomic mass is 127. The Labute approximate surface area is 202 Å². The van der Waals surface area contributed by atoms with E-state index in [1.165, 1.54) is 0 Å². The molecule has 0 saturated carbocycles. The molecule has 1 aliphatic rings. The number of rotatable bonds is 11. The van der Waals surface area contributed by atoms with Crippen molar-refractivity contribution in [3.8, 4) is 5.75 Å². The van der Waals surface area contributed by atoms with Crippen LogP contribution in [0.4, 0.5) is 0 Å². The molecule has 1 aromatic carbocycles. The molecule has 1 saturated heterocycles. The Kier molecular flexibility index (Phi) is 12.3. The van der Waals surface area contributed by atoms with Crippen LogP contribution in [0.25, 0.3) is 0 Å². The molecule has 8 nitrogen and oxygen atoms in total. The number of morpholine rings is 1. The fourth-order valence-electron chi connectivity index (χ4n) is 3.24. The van der Waals surface area contributed by atoms with Crippen LogP contribution < -0.4 is 15.4 Å². The molecular weight excluding hydrogens is 507 g/mol. The molecule has 31 heavy (non-hydrogen) atoms. The Bertz CT molecular complexity index is 750. The summed E-state index contributed by atoms with van der Waals surface area (Å²) in [5, 5.41) is 10.9. The van der Waals surface area contributed by atoms with E-state index < -0.39 is 0 Å². The van der Waals surface area contributed by atoms with Crippen molar-refractivity contribution in [3.05, 3.63) is 48.3 Å².